The normalized spacial score (nSPS) is 23.8. The van der Waals surface area contributed by atoms with E-state index >= 15 is 0 Å². The van der Waals surface area contributed by atoms with Crippen molar-refractivity contribution in [2.24, 2.45) is 5.92 Å². The fourth-order valence-electron chi connectivity index (χ4n) is 2.02. The minimum absolute atomic E-state index is 0.329. The molecule has 5 heteroatoms. The van der Waals surface area contributed by atoms with Crippen LogP contribution in [0.2, 0.25) is 0 Å². The number of methoxy groups -OCH3 is 1. The molecule has 1 N–H and O–H groups in total. The molecule has 1 heterocycles. The van der Waals surface area contributed by atoms with Gasteiger partial charge in [0.25, 0.3) is 0 Å². The van der Waals surface area contributed by atoms with E-state index in [0.717, 1.165) is 38.4 Å². The Morgan fingerprint density at radius 1 is 1.59 bits per heavy atom. The van der Waals surface area contributed by atoms with Gasteiger partial charge in [-0.25, -0.2) is 0 Å². The molecule has 1 rings (SSSR count). The highest BCUT2D eigenvalue weighted by Crippen LogP contribution is 2.17. The number of nitrogens with one attached hydrogen (secondary N) is 1. The van der Waals surface area contributed by atoms with E-state index in [1.807, 2.05) is 0 Å². The van der Waals surface area contributed by atoms with Crippen molar-refractivity contribution in [3.8, 4) is 0 Å². The summed E-state index contributed by atoms with van der Waals surface area (Å²) in [5.41, 5.74) is 0. The standard InChI is InChI=1S/C12H25NO3S/c1-3-5-13-12(11-4-6-16-9-11)10-17(14)8-7-15-2/h11-13H,3-10H2,1-2H3. The maximum atomic E-state index is 11.9. The van der Waals surface area contributed by atoms with Crippen LogP contribution in [-0.4, -0.2) is 55.2 Å². The third-order valence-corrected chi connectivity index (χ3v) is 4.42. The summed E-state index contributed by atoms with van der Waals surface area (Å²) < 4.78 is 22.3. The zero-order valence-electron chi connectivity index (χ0n) is 10.9. The van der Waals surface area contributed by atoms with Crippen LogP contribution in [0.15, 0.2) is 0 Å². The first-order chi connectivity index (χ1) is 8.27. The van der Waals surface area contributed by atoms with Gasteiger partial charge in [0.05, 0.1) is 13.2 Å². The summed E-state index contributed by atoms with van der Waals surface area (Å²) in [4.78, 5) is 0. The molecule has 0 aromatic rings. The lowest BCUT2D eigenvalue weighted by Crippen LogP contribution is -2.41. The zero-order valence-corrected chi connectivity index (χ0v) is 11.8. The Morgan fingerprint density at radius 2 is 2.41 bits per heavy atom. The van der Waals surface area contributed by atoms with Gasteiger partial charge < -0.3 is 14.8 Å². The second-order valence-corrected chi connectivity index (χ2v) is 6.11. The maximum Gasteiger partial charge on any atom is 0.0577 e. The molecule has 0 amide bonds. The largest absolute Gasteiger partial charge is 0.384 e. The third-order valence-electron chi connectivity index (χ3n) is 3.07. The second-order valence-electron chi connectivity index (χ2n) is 4.49. The molecule has 0 bridgehead atoms. The molecule has 0 aromatic heterocycles. The molecule has 0 saturated carbocycles. The predicted molar refractivity (Wildman–Crippen MR) is 70.8 cm³/mol. The van der Waals surface area contributed by atoms with Gasteiger partial charge >= 0.3 is 0 Å². The van der Waals surface area contributed by atoms with E-state index in [0.29, 0.717) is 24.3 Å². The van der Waals surface area contributed by atoms with Gasteiger partial charge in [0, 0.05) is 48.0 Å². The van der Waals surface area contributed by atoms with Crippen LogP contribution in [0.4, 0.5) is 0 Å². The minimum atomic E-state index is -0.793. The molecule has 3 atom stereocenters. The van der Waals surface area contributed by atoms with Gasteiger partial charge in [0.2, 0.25) is 0 Å². The van der Waals surface area contributed by atoms with E-state index in [4.69, 9.17) is 9.47 Å². The van der Waals surface area contributed by atoms with Crippen molar-refractivity contribution in [1.29, 1.82) is 0 Å². The monoisotopic (exact) mass is 263 g/mol. The van der Waals surface area contributed by atoms with Gasteiger partial charge in [-0.05, 0) is 19.4 Å². The van der Waals surface area contributed by atoms with Gasteiger partial charge in [-0.3, -0.25) is 4.21 Å². The SMILES string of the molecule is CCCNC(CS(=O)CCOC)C1CCOC1. The van der Waals surface area contributed by atoms with Crippen LogP contribution in [0.3, 0.4) is 0 Å². The van der Waals surface area contributed by atoms with E-state index in [2.05, 4.69) is 12.2 Å². The van der Waals surface area contributed by atoms with Crippen molar-refractivity contribution in [3.63, 3.8) is 0 Å². The predicted octanol–water partition coefficient (Wildman–Crippen LogP) is 0.786. The zero-order chi connectivity index (χ0) is 12.5. The lowest BCUT2D eigenvalue weighted by molar-refractivity contribution is 0.178. The fourth-order valence-corrected chi connectivity index (χ4v) is 3.33. The van der Waals surface area contributed by atoms with E-state index in [1.165, 1.54) is 0 Å². The van der Waals surface area contributed by atoms with Gasteiger partial charge in [0.1, 0.15) is 0 Å². The second kappa shape index (κ2) is 9.03. The molecule has 0 spiro atoms. The topological polar surface area (TPSA) is 47.6 Å². The first kappa shape index (κ1) is 15.1. The average molecular weight is 263 g/mol. The number of rotatable bonds is 9. The molecule has 1 aliphatic heterocycles. The Bertz CT molecular complexity index is 220. The number of ether oxygens (including phenoxy) is 2. The highest BCUT2D eigenvalue weighted by molar-refractivity contribution is 7.85. The Balaban J connectivity index is 2.36. The van der Waals surface area contributed by atoms with Crippen molar-refractivity contribution in [2.75, 3.05) is 45.0 Å². The summed E-state index contributed by atoms with van der Waals surface area (Å²) in [6.07, 6.45) is 2.19. The summed E-state index contributed by atoms with van der Waals surface area (Å²) in [6.45, 7) is 5.37. The summed E-state index contributed by atoms with van der Waals surface area (Å²) >= 11 is 0. The average Bonchev–Trinajstić information content (AvgIpc) is 2.85. The summed E-state index contributed by atoms with van der Waals surface area (Å²) in [6, 6.07) is 0.329. The van der Waals surface area contributed by atoms with Gasteiger partial charge in [-0.1, -0.05) is 6.92 Å². The van der Waals surface area contributed by atoms with Crippen LogP contribution < -0.4 is 5.32 Å². The molecule has 102 valence electrons. The van der Waals surface area contributed by atoms with Crippen molar-refractivity contribution < 1.29 is 13.7 Å². The molecule has 0 aliphatic carbocycles. The van der Waals surface area contributed by atoms with E-state index in [9.17, 15) is 4.21 Å². The van der Waals surface area contributed by atoms with E-state index in [-0.39, 0.29) is 0 Å². The number of hydrogen-bond donors (Lipinski definition) is 1. The Hall–Kier alpha value is 0.0300. The Morgan fingerprint density at radius 3 is 3.00 bits per heavy atom. The fraction of sp³-hybridized carbons (Fsp3) is 1.00. The molecule has 0 radical (unpaired) electrons. The van der Waals surface area contributed by atoms with Crippen molar-refractivity contribution in [1.82, 2.24) is 5.32 Å². The highest BCUT2D eigenvalue weighted by Gasteiger charge is 2.26. The quantitative estimate of drug-likeness (QED) is 0.668. The van der Waals surface area contributed by atoms with Crippen LogP contribution in [0.25, 0.3) is 0 Å². The van der Waals surface area contributed by atoms with Gasteiger partial charge in [-0.2, -0.15) is 0 Å². The van der Waals surface area contributed by atoms with Crippen LogP contribution in [0.1, 0.15) is 19.8 Å². The van der Waals surface area contributed by atoms with E-state index < -0.39 is 10.8 Å². The van der Waals surface area contributed by atoms with Gasteiger partial charge in [0.15, 0.2) is 0 Å². The van der Waals surface area contributed by atoms with Crippen LogP contribution >= 0.6 is 0 Å². The molecule has 1 saturated heterocycles. The molecule has 1 fully saturated rings. The smallest absolute Gasteiger partial charge is 0.0577 e. The molecule has 3 unspecified atom stereocenters. The minimum Gasteiger partial charge on any atom is -0.384 e. The third kappa shape index (κ3) is 5.95. The molecule has 17 heavy (non-hydrogen) atoms. The summed E-state index contributed by atoms with van der Waals surface area (Å²) in [5, 5.41) is 3.50. The maximum absolute atomic E-state index is 11.9. The first-order valence-corrected chi connectivity index (χ1v) is 7.91. The van der Waals surface area contributed by atoms with Crippen molar-refractivity contribution in [3.05, 3.63) is 0 Å². The lowest BCUT2D eigenvalue weighted by Gasteiger charge is -2.23. The Kier molecular flexibility index (Phi) is 8.01. The van der Waals surface area contributed by atoms with Crippen LogP contribution in [0, 0.1) is 5.92 Å². The summed E-state index contributed by atoms with van der Waals surface area (Å²) in [7, 11) is 0.855. The Labute approximate surface area is 107 Å². The molecular weight excluding hydrogens is 238 g/mol. The molecular formula is C12H25NO3S. The first-order valence-electron chi connectivity index (χ1n) is 6.43. The van der Waals surface area contributed by atoms with Crippen molar-refractivity contribution in [2.45, 2.75) is 25.8 Å². The lowest BCUT2D eigenvalue weighted by atomic mass is 10.0. The molecule has 1 aliphatic rings. The van der Waals surface area contributed by atoms with Crippen LogP contribution in [0.5, 0.6) is 0 Å². The number of hydrogen-bond acceptors (Lipinski definition) is 4. The van der Waals surface area contributed by atoms with Crippen LogP contribution in [-0.2, 0) is 20.3 Å². The molecule has 4 nitrogen and oxygen atoms in total. The summed E-state index contributed by atoms with van der Waals surface area (Å²) in [5.74, 6) is 1.87. The highest BCUT2D eigenvalue weighted by atomic mass is 32.2. The van der Waals surface area contributed by atoms with Gasteiger partial charge in [-0.15, -0.1) is 0 Å². The van der Waals surface area contributed by atoms with E-state index in [1.54, 1.807) is 7.11 Å². The molecule has 0 aromatic carbocycles. The van der Waals surface area contributed by atoms with Crippen molar-refractivity contribution >= 4 is 10.8 Å².